The maximum Gasteiger partial charge on any atom is 0.321 e. The number of rotatable bonds is 5. The van der Waals surface area contributed by atoms with E-state index in [9.17, 15) is 4.79 Å². The van der Waals surface area contributed by atoms with Crippen LogP contribution < -0.4 is 5.73 Å². The molecule has 0 aromatic carbocycles. The molecule has 0 aromatic heterocycles. The Bertz CT molecular complexity index is 164. The van der Waals surface area contributed by atoms with Gasteiger partial charge in [0.25, 0.3) is 0 Å². The van der Waals surface area contributed by atoms with Gasteiger partial charge in [-0.3, -0.25) is 9.69 Å². The smallest absolute Gasteiger partial charge is 0.321 e. The molecule has 0 aliphatic heterocycles. The van der Waals surface area contributed by atoms with Crippen LogP contribution in [0.3, 0.4) is 0 Å². The summed E-state index contributed by atoms with van der Waals surface area (Å²) in [6.45, 7) is 2.77. The van der Waals surface area contributed by atoms with Crippen molar-refractivity contribution in [3.8, 4) is 0 Å². The van der Waals surface area contributed by atoms with E-state index in [1.165, 1.54) is 18.7 Å². The largest absolute Gasteiger partial charge is 0.480 e. The number of hydrogen-bond acceptors (Lipinski definition) is 5. The Morgan fingerprint density at radius 1 is 1.38 bits per heavy atom. The molecule has 6 heteroatoms. The summed E-state index contributed by atoms with van der Waals surface area (Å²) >= 11 is 0. The molecule has 0 aliphatic rings. The standard InChI is InChI=1S/C7H16N2O4/c1-4(10)9(5(2)11)3-6(8)7(12)13/h4-6,10-11H,3,8H2,1-2H3,(H,12,13)/t4-,5?,6?/m0/s1. The Labute approximate surface area is 76.6 Å². The summed E-state index contributed by atoms with van der Waals surface area (Å²) in [5.41, 5.74) is 5.23. The number of carbonyl (C=O) groups is 1. The molecule has 5 N–H and O–H groups in total. The van der Waals surface area contributed by atoms with Crippen molar-refractivity contribution in [2.24, 2.45) is 5.73 Å². The minimum atomic E-state index is -1.16. The first kappa shape index (κ1) is 12.3. The number of aliphatic hydroxyl groups is 2. The van der Waals surface area contributed by atoms with Crippen LogP contribution in [0.1, 0.15) is 13.8 Å². The summed E-state index contributed by atoms with van der Waals surface area (Å²) in [5, 5.41) is 26.7. The molecule has 0 radical (unpaired) electrons. The van der Waals surface area contributed by atoms with E-state index in [2.05, 4.69) is 0 Å². The lowest BCUT2D eigenvalue weighted by molar-refractivity contribution is -0.141. The fourth-order valence-corrected chi connectivity index (χ4v) is 0.923. The number of nitrogens with two attached hydrogens (primary N) is 1. The molecule has 0 rings (SSSR count). The topological polar surface area (TPSA) is 107 Å². The highest BCUT2D eigenvalue weighted by Crippen LogP contribution is 2.01. The highest BCUT2D eigenvalue weighted by atomic mass is 16.4. The van der Waals surface area contributed by atoms with E-state index >= 15 is 0 Å². The zero-order valence-corrected chi connectivity index (χ0v) is 7.71. The van der Waals surface area contributed by atoms with Gasteiger partial charge in [0, 0.05) is 6.54 Å². The van der Waals surface area contributed by atoms with Gasteiger partial charge < -0.3 is 21.1 Å². The van der Waals surface area contributed by atoms with E-state index in [1.54, 1.807) is 0 Å². The average molecular weight is 192 g/mol. The average Bonchev–Trinajstić information content (AvgIpc) is 1.97. The van der Waals surface area contributed by atoms with Gasteiger partial charge in [-0.1, -0.05) is 0 Å². The monoisotopic (exact) mass is 192 g/mol. The maximum absolute atomic E-state index is 10.4. The summed E-state index contributed by atoms with van der Waals surface area (Å²) in [6, 6.07) is -1.11. The second-order valence-corrected chi connectivity index (χ2v) is 2.91. The summed E-state index contributed by atoms with van der Waals surface area (Å²) < 4.78 is 0. The molecule has 2 unspecified atom stereocenters. The number of hydrogen-bond donors (Lipinski definition) is 4. The van der Waals surface area contributed by atoms with Crippen LogP contribution in [0.5, 0.6) is 0 Å². The molecule has 3 atom stereocenters. The van der Waals surface area contributed by atoms with Crippen molar-refractivity contribution in [2.75, 3.05) is 6.54 Å². The molecule has 13 heavy (non-hydrogen) atoms. The van der Waals surface area contributed by atoms with Crippen molar-refractivity contribution < 1.29 is 20.1 Å². The van der Waals surface area contributed by atoms with Crippen molar-refractivity contribution in [3.05, 3.63) is 0 Å². The first-order valence-electron chi connectivity index (χ1n) is 3.96. The molecule has 78 valence electrons. The van der Waals surface area contributed by atoms with Crippen LogP contribution in [0.2, 0.25) is 0 Å². The fourth-order valence-electron chi connectivity index (χ4n) is 0.923. The van der Waals surface area contributed by atoms with Crippen LogP contribution >= 0.6 is 0 Å². The number of carboxylic acids is 1. The predicted molar refractivity (Wildman–Crippen MR) is 45.7 cm³/mol. The zero-order chi connectivity index (χ0) is 10.6. The van der Waals surface area contributed by atoms with Crippen LogP contribution in [0.4, 0.5) is 0 Å². The minimum Gasteiger partial charge on any atom is -0.480 e. The van der Waals surface area contributed by atoms with Gasteiger partial charge >= 0.3 is 5.97 Å². The second-order valence-electron chi connectivity index (χ2n) is 2.91. The lowest BCUT2D eigenvalue weighted by atomic mass is 10.3. The molecule has 6 nitrogen and oxygen atoms in total. The Morgan fingerprint density at radius 2 is 1.77 bits per heavy atom. The summed E-state index contributed by atoms with van der Waals surface area (Å²) in [7, 11) is 0. The van der Waals surface area contributed by atoms with E-state index in [0.717, 1.165) is 0 Å². The quantitative estimate of drug-likeness (QED) is 0.390. The zero-order valence-electron chi connectivity index (χ0n) is 7.71. The Balaban J connectivity index is 4.18. The Hall–Kier alpha value is -0.690. The first-order chi connectivity index (χ1) is 5.86. The van der Waals surface area contributed by atoms with Crippen LogP contribution in [0.25, 0.3) is 0 Å². The molecule has 0 spiro atoms. The molecule has 0 saturated carbocycles. The van der Waals surface area contributed by atoms with E-state index in [-0.39, 0.29) is 6.54 Å². The highest BCUT2D eigenvalue weighted by Gasteiger charge is 2.22. The van der Waals surface area contributed by atoms with Gasteiger partial charge in [-0.15, -0.1) is 0 Å². The summed E-state index contributed by atoms with van der Waals surface area (Å²) in [4.78, 5) is 11.5. The minimum absolute atomic E-state index is 0.0926. The fraction of sp³-hybridized carbons (Fsp3) is 0.857. The van der Waals surface area contributed by atoms with Gasteiger partial charge in [0.2, 0.25) is 0 Å². The van der Waals surface area contributed by atoms with E-state index in [0.29, 0.717) is 0 Å². The van der Waals surface area contributed by atoms with Gasteiger partial charge in [0.1, 0.15) is 18.5 Å². The summed E-state index contributed by atoms with van der Waals surface area (Å²) in [6.07, 6.45) is -1.85. The van der Waals surface area contributed by atoms with E-state index in [1.807, 2.05) is 0 Å². The van der Waals surface area contributed by atoms with Crippen LogP contribution in [-0.4, -0.2) is 51.2 Å². The number of aliphatic carboxylic acids is 1. The van der Waals surface area contributed by atoms with Crippen molar-refractivity contribution in [2.45, 2.75) is 32.3 Å². The molecule has 0 aliphatic carbocycles. The van der Waals surface area contributed by atoms with Gasteiger partial charge in [0.05, 0.1) is 0 Å². The lowest BCUT2D eigenvalue weighted by Crippen LogP contribution is -2.49. The van der Waals surface area contributed by atoms with Crippen LogP contribution in [0, 0.1) is 0 Å². The van der Waals surface area contributed by atoms with Crippen molar-refractivity contribution >= 4 is 5.97 Å². The van der Waals surface area contributed by atoms with Gasteiger partial charge in [0.15, 0.2) is 0 Å². The molecule has 0 heterocycles. The third kappa shape index (κ3) is 4.18. The second kappa shape index (κ2) is 5.13. The molecule has 0 saturated heterocycles. The Kier molecular flexibility index (Phi) is 4.86. The molecular formula is C7H16N2O4. The molecule has 0 amide bonds. The summed E-state index contributed by atoms with van der Waals surface area (Å²) in [5.74, 6) is -1.16. The highest BCUT2D eigenvalue weighted by molar-refractivity contribution is 5.73. The molecule has 0 aromatic rings. The van der Waals surface area contributed by atoms with Gasteiger partial charge in [-0.2, -0.15) is 0 Å². The van der Waals surface area contributed by atoms with Crippen LogP contribution in [0.15, 0.2) is 0 Å². The van der Waals surface area contributed by atoms with Crippen LogP contribution in [-0.2, 0) is 4.79 Å². The SMILES string of the molecule is CC(O)N(CC(N)C(=O)O)[C@H](C)O. The van der Waals surface area contributed by atoms with Crippen molar-refractivity contribution in [1.82, 2.24) is 4.90 Å². The lowest BCUT2D eigenvalue weighted by Gasteiger charge is -2.29. The maximum atomic E-state index is 10.4. The van der Waals surface area contributed by atoms with Crippen molar-refractivity contribution in [1.29, 1.82) is 0 Å². The number of aliphatic hydroxyl groups excluding tert-OH is 2. The number of carboxylic acid groups (broad SMARTS) is 1. The first-order valence-corrected chi connectivity index (χ1v) is 3.96. The van der Waals surface area contributed by atoms with E-state index in [4.69, 9.17) is 21.1 Å². The van der Waals surface area contributed by atoms with Crippen molar-refractivity contribution in [3.63, 3.8) is 0 Å². The third-order valence-corrected chi connectivity index (χ3v) is 1.68. The van der Waals surface area contributed by atoms with Gasteiger partial charge in [-0.05, 0) is 13.8 Å². The van der Waals surface area contributed by atoms with Gasteiger partial charge in [-0.25, -0.2) is 0 Å². The Morgan fingerprint density at radius 3 is 2.00 bits per heavy atom. The normalized spacial score (nSPS) is 18.3. The van der Waals surface area contributed by atoms with E-state index < -0.39 is 24.5 Å². The third-order valence-electron chi connectivity index (χ3n) is 1.68. The molecular weight excluding hydrogens is 176 g/mol. The molecule has 0 bridgehead atoms. The molecule has 0 fully saturated rings. The number of nitrogens with zero attached hydrogens (tertiary/aromatic N) is 1. The predicted octanol–water partition coefficient (Wildman–Crippen LogP) is -1.62.